The number of barbiturate groups is 1. The molecule has 9 heteroatoms. The summed E-state index contributed by atoms with van der Waals surface area (Å²) < 4.78 is 11.7. The summed E-state index contributed by atoms with van der Waals surface area (Å²) in [5.41, 5.74) is 1.64. The van der Waals surface area contributed by atoms with E-state index < -0.39 is 23.8 Å². The molecule has 0 radical (unpaired) electrons. The van der Waals surface area contributed by atoms with Crippen LogP contribution in [0.25, 0.3) is 16.8 Å². The second-order valence-electron chi connectivity index (χ2n) is 8.57. The highest BCUT2D eigenvalue weighted by atomic mass is 79.9. The molecule has 0 aliphatic carbocycles. The van der Waals surface area contributed by atoms with Gasteiger partial charge < -0.3 is 9.47 Å². The topological polar surface area (TPSA) is 102 Å². The van der Waals surface area contributed by atoms with Crippen LogP contribution in [0.1, 0.15) is 21.5 Å². The van der Waals surface area contributed by atoms with Crippen molar-refractivity contribution in [2.24, 2.45) is 0 Å². The van der Waals surface area contributed by atoms with Gasteiger partial charge in [0.15, 0.2) is 0 Å². The standard InChI is InChI=1S/C30H21BrN2O6/c1-38-29(36)19-10-13-21(14-11-19)33-28(35)24(27(34)32-30(33)37)16-23-22-8-4-2-6-18(22)12-15-26(23)39-17-20-7-3-5-9-25(20)31/h2-16H,17H2,1H3,(H,32,34,37)/b24-16+. The molecule has 0 saturated carbocycles. The van der Waals surface area contributed by atoms with Gasteiger partial charge in [-0.05, 0) is 53.2 Å². The van der Waals surface area contributed by atoms with Crippen LogP contribution >= 0.6 is 15.9 Å². The summed E-state index contributed by atoms with van der Waals surface area (Å²) >= 11 is 3.52. The summed E-state index contributed by atoms with van der Waals surface area (Å²) in [5, 5.41) is 3.88. The predicted octanol–water partition coefficient (Wildman–Crippen LogP) is 5.63. The third-order valence-corrected chi connectivity index (χ3v) is 6.98. The zero-order valence-corrected chi connectivity index (χ0v) is 22.2. The lowest BCUT2D eigenvalue weighted by atomic mass is 9.99. The van der Waals surface area contributed by atoms with Crippen molar-refractivity contribution in [3.8, 4) is 5.75 Å². The van der Waals surface area contributed by atoms with Crippen molar-refractivity contribution >= 4 is 62.3 Å². The van der Waals surface area contributed by atoms with Crippen LogP contribution in [0.2, 0.25) is 0 Å². The fourth-order valence-corrected chi connectivity index (χ4v) is 4.62. The summed E-state index contributed by atoms with van der Waals surface area (Å²) in [4.78, 5) is 51.7. The highest BCUT2D eigenvalue weighted by Crippen LogP contribution is 2.33. The Bertz CT molecular complexity index is 1660. The lowest BCUT2D eigenvalue weighted by Gasteiger charge is -2.26. The van der Waals surface area contributed by atoms with Gasteiger partial charge in [-0.1, -0.05) is 64.5 Å². The van der Waals surface area contributed by atoms with E-state index in [9.17, 15) is 19.2 Å². The van der Waals surface area contributed by atoms with E-state index in [2.05, 4.69) is 21.2 Å². The predicted molar refractivity (Wildman–Crippen MR) is 149 cm³/mol. The third kappa shape index (κ3) is 5.17. The summed E-state index contributed by atoms with van der Waals surface area (Å²) in [5.74, 6) is -1.72. The molecule has 0 unspecified atom stereocenters. The maximum Gasteiger partial charge on any atom is 0.337 e. The van der Waals surface area contributed by atoms with Crippen molar-refractivity contribution in [1.82, 2.24) is 5.32 Å². The number of halogens is 1. The second-order valence-corrected chi connectivity index (χ2v) is 9.43. The molecule has 1 N–H and O–H groups in total. The summed E-state index contributed by atoms with van der Waals surface area (Å²) in [6, 6.07) is 23.7. The number of carbonyl (C=O) groups is 4. The Hall–Kier alpha value is -4.76. The van der Waals surface area contributed by atoms with Crippen LogP contribution in [0.4, 0.5) is 10.5 Å². The highest BCUT2D eigenvalue weighted by molar-refractivity contribution is 9.10. The highest BCUT2D eigenvalue weighted by Gasteiger charge is 2.37. The van der Waals surface area contributed by atoms with Crippen molar-refractivity contribution in [3.05, 3.63) is 112 Å². The largest absolute Gasteiger partial charge is 0.488 e. The fourth-order valence-electron chi connectivity index (χ4n) is 4.22. The summed E-state index contributed by atoms with van der Waals surface area (Å²) in [7, 11) is 1.25. The van der Waals surface area contributed by atoms with E-state index in [0.717, 1.165) is 25.7 Å². The van der Waals surface area contributed by atoms with Crippen molar-refractivity contribution in [2.75, 3.05) is 12.0 Å². The number of carbonyl (C=O) groups excluding carboxylic acids is 4. The number of ether oxygens (including phenoxy) is 2. The van der Waals surface area contributed by atoms with E-state index in [1.807, 2.05) is 54.6 Å². The molecule has 39 heavy (non-hydrogen) atoms. The lowest BCUT2D eigenvalue weighted by Crippen LogP contribution is -2.54. The van der Waals surface area contributed by atoms with Gasteiger partial charge in [0.25, 0.3) is 11.8 Å². The number of amides is 4. The first-order valence-corrected chi connectivity index (χ1v) is 12.6. The second kappa shape index (κ2) is 10.9. The molecule has 5 rings (SSSR count). The molecule has 4 aromatic carbocycles. The van der Waals surface area contributed by atoms with Crippen molar-refractivity contribution < 1.29 is 28.7 Å². The molecule has 0 atom stereocenters. The minimum absolute atomic E-state index is 0.187. The van der Waals surface area contributed by atoms with Crippen molar-refractivity contribution in [3.63, 3.8) is 0 Å². The van der Waals surface area contributed by atoms with E-state index in [1.54, 1.807) is 6.07 Å². The molecule has 4 amide bonds. The average Bonchev–Trinajstić information content (AvgIpc) is 2.95. The molecule has 1 aliphatic rings. The number of fused-ring (bicyclic) bond motifs is 1. The van der Waals surface area contributed by atoms with Crippen LogP contribution < -0.4 is 15.0 Å². The van der Waals surface area contributed by atoms with Crippen LogP contribution in [-0.2, 0) is 20.9 Å². The van der Waals surface area contributed by atoms with E-state index in [1.165, 1.54) is 37.5 Å². The number of anilines is 1. The maximum atomic E-state index is 13.5. The van der Waals surface area contributed by atoms with E-state index in [4.69, 9.17) is 9.47 Å². The van der Waals surface area contributed by atoms with Crippen molar-refractivity contribution in [2.45, 2.75) is 6.61 Å². The molecule has 0 aromatic heterocycles. The van der Waals surface area contributed by atoms with Crippen LogP contribution in [0.15, 0.2) is 95.0 Å². The number of methoxy groups -OCH3 is 1. The Labute approximate surface area is 232 Å². The lowest BCUT2D eigenvalue weighted by molar-refractivity contribution is -0.122. The molecule has 194 valence electrons. The van der Waals surface area contributed by atoms with Gasteiger partial charge in [-0.2, -0.15) is 0 Å². The SMILES string of the molecule is COC(=O)c1ccc(N2C(=O)NC(=O)/C(=C\c3c(OCc4ccccc4Br)ccc4ccccc34)C2=O)cc1. The quantitative estimate of drug-likeness (QED) is 0.179. The Balaban J connectivity index is 1.55. The van der Waals surface area contributed by atoms with Gasteiger partial charge in [-0.15, -0.1) is 0 Å². The number of urea groups is 1. The number of benzene rings is 4. The summed E-state index contributed by atoms with van der Waals surface area (Å²) in [6.45, 7) is 0.243. The number of hydrogen-bond donors (Lipinski definition) is 1. The van der Waals surface area contributed by atoms with Crippen LogP contribution in [-0.4, -0.2) is 30.9 Å². The van der Waals surface area contributed by atoms with E-state index >= 15 is 0 Å². The van der Waals surface area contributed by atoms with E-state index in [0.29, 0.717) is 11.3 Å². The number of rotatable bonds is 6. The van der Waals surface area contributed by atoms with Gasteiger partial charge in [0.1, 0.15) is 17.9 Å². The van der Waals surface area contributed by atoms with E-state index in [-0.39, 0.29) is 23.4 Å². The van der Waals surface area contributed by atoms with Gasteiger partial charge in [-0.25, -0.2) is 14.5 Å². The zero-order valence-electron chi connectivity index (χ0n) is 20.6. The summed E-state index contributed by atoms with van der Waals surface area (Å²) in [6.07, 6.45) is 1.44. The molecule has 1 saturated heterocycles. The molecule has 0 spiro atoms. The number of nitrogens with one attached hydrogen (secondary N) is 1. The van der Waals surface area contributed by atoms with Crippen molar-refractivity contribution in [1.29, 1.82) is 0 Å². The number of esters is 1. The van der Waals surface area contributed by atoms with Gasteiger partial charge in [0, 0.05) is 15.6 Å². The molecular weight excluding hydrogens is 564 g/mol. The van der Waals surface area contributed by atoms with Gasteiger partial charge in [0.05, 0.1) is 18.4 Å². The molecule has 4 aromatic rings. The fraction of sp³-hybridized carbons (Fsp3) is 0.0667. The van der Waals surface area contributed by atoms with Crippen LogP contribution in [0.5, 0.6) is 5.75 Å². The normalized spacial score (nSPS) is 14.5. The molecular formula is C30H21BrN2O6. The minimum atomic E-state index is -0.892. The monoisotopic (exact) mass is 584 g/mol. The third-order valence-electron chi connectivity index (χ3n) is 6.21. The first-order valence-electron chi connectivity index (χ1n) is 11.8. The Morgan fingerprint density at radius 1 is 0.923 bits per heavy atom. The van der Waals surface area contributed by atoms with Gasteiger partial charge >= 0.3 is 12.0 Å². The average molecular weight is 585 g/mol. The van der Waals surface area contributed by atoms with Gasteiger partial charge in [0.2, 0.25) is 0 Å². The molecule has 1 fully saturated rings. The Morgan fingerprint density at radius 2 is 1.64 bits per heavy atom. The molecule has 8 nitrogen and oxygen atoms in total. The smallest absolute Gasteiger partial charge is 0.337 e. The van der Waals surface area contributed by atoms with Gasteiger partial charge in [-0.3, -0.25) is 14.9 Å². The molecule has 1 aliphatic heterocycles. The molecule has 1 heterocycles. The Kier molecular flexibility index (Phi) is 7.25. The number of imide groups is 2. The first-order chi connectivity index (χ1) is 18.9. The maximum absolute atomic E-state index is 13.5. The number of nitrogens with zero attached hydrogens (tertiary/aromatic N) is 1. The number of hydrogen-bond acceptors (Lipinski definition) is 6. The van der Waals surface area contributed by atoms with Crippen LogP contribution in [0, 0.1) is 0 Å². The van der Waals surface area contributed by atoms with Crippen LogP contribution in [0.3, 0.4) is 0 Å². The first kappa shape index (κ1) is 25.9. The minimum Gasteiger partial charge on any atom is -0.488 e. The Morgan fingerprint density at radius 3 is 2.38 bits per heavy atom. The zero-order chi connectivity index (χ0) is 27.5. The molecule has 0 bridgehead atoms.